The number of aryl methyl sites for hydroxylation is 1. The largest absolute Gasteiger partial charge is 0.486 e. The average Bonchev–Trinajstić information content (AvgIpc) is 3.50. The summed E-state index contributed by atoms with van der Waals surface area (Å²) in [6, 6.07) is 37.8. The third-order valence-electron chi connectivity index (χ3n) is 9.60. The summed E-state index contributed by atoms with van der Waals surface area (Å²) in [5.41, 5.74) is 11.3. The third kappa shape index (κ3) is 8.86. The number of aromatic nitrogens is 3. The van der Waals surface area contributed by atoms with Gasteiger partial charge in [0.15, 0.2) is 0 Å². The van der Waals surface area contributed by atoms with Gasteiger partial charge >= 0.3 is 0 Å². The van der Waals surface area contributed by atoms with Gasteiger partial charge in [-0.25, -0.2) is 4.98 Å². The van der Waals surface area contributed by atoms with E-state index in [2.05, 4.69) is 133 Å². The molecule has 0 aliphatic heterocycles. The Labute approximate surface area is 324 Å². The minimum absolute atomic E-state index is 0. The van der Waals surface area contributed by atoms with E-state index in [4.69, 9.17) is 14.4 Å². The normalized spacial score (nSPS) is 12.1. The van der Waals surface area contributed by atoms with Crippen LogP contribution >= 0.6 is 0 Å². The molecule has 0 amide bonds. The molecule has 0 bridgehead atoms. The first-order valence-electron chi connectivity index (χ1n) is 18.1. The van der Waals surface area contributed by atoms with Crippen LogP contribution in [0.5, 0.6) is 0 Å². The molecule has 0 N–H and O–H groups in total. The zero-order valence-corrected chi connectivity index (χ0v) is 35.2. The molecule has 3 aromatic carbocycles. The van der Waals surface area contributed by atoms with Crippen molar-refractivity contribution < 1.29 is 24.5 Å². The molecule has 1 atom stereocenters. The Morgan fingerprint density at radius 2 is 1.54 bits per heavy atom. The molecule has 7 rings (SSSR count). The molecule has 1 unspecified atom stereocenters. The van der Waals surface area contributed by atoms with Gasteiger partial charge in [-0.2, -0.15) is 0 Å². The third-order valence-corrected chi connectivity index (χ3v) is 11.7. The van der Waals surface area contributed by atoms with E-state index < -0.39 is 8.07 Å². The average molecular weight is 880 g/mol. The first-order chi connectivity index (χ1) is 24.4. The molecule has 4 nitrogen and oxygen atoms in total. The van der Waals surface area contributed by atoms with Crippen molar-refractivity contribution >= 4 is 35.3 Å². The Morgan fingerprint density at radius 1 is 0.769 bits per heavy atom. The zero-order chi connectivity index (χ0) is 36.3. The second-order valence-electron chi connectivity index (χ2n) is 15.5. The van der Waals surface area contributed by atoms with Crippen molar-refractivity contribution in [1.29, 1.82) is 0 Å². The monoisotopic (exact) mass is 880 g/mol. The van der Waals surface area contributed by atoms with Crippen molar-refractivity contribution in [1.82, 2.24) is 15.0 Å². The van der Waals surface area contributed by atoms with Crippen LogP contribution in [0.3, 0.4) is 0 Å². The molecule has 4 heterocycles. The summed E-state index contributed by atoms with van der Waals surface area (Å²) in [6.45, 7) is 20.6. The van der Waals surface area contributed by atoms with E-state index in [1.807, 2.05) is 48.7 Å². The summed E-state index contributed by atoms with van der Waals surface area (Å²) in [5.74, 6) is 1.68. The van der Waals surface area contributed by atoms with Gasteiger partial charge in [-0.1, -0.05) is 126 Å². The summed E-state index contributed by atoms with van der Waals surface area (Å²) in [5, 5.41) is 3.54. The maximum absolute atomic E-state index is 6.27. The minimum Gasteiger partial charge on any atom is -0.486 e. The van der Waals surface area contributed by atoms with Crippen molar-refractivity contribution in [2.24, 2.45) is 11.8 Å². The topological polar surface area (TPSA) is 51.8 Å². The van der Waals surface area contributed by atoms with E-state index in [0.29, 0.717) is 23.5 Å². The Morgan fingerprint density at radius 3 is 2.21 bits per heavy atom. The molecule has 0 spiro atoms. The summed E-state index contributed by atoms with van der Waals surface area (Å²) in [4.78, 5) is 14.1. The van der Waals surface area contributed by atoms with E-state index >= 15 is 0 Å². The van der Waals surface area contributed by atoms with Crippen LogP contribution in [0.25, 0.3) is 55.8 Å². The van der Waals surface area contributed by atoms with Crippen LogP contribution in [0.2, 0.25) is 19.6 Å². The van der Waals surface area contributed by atoms with E-state index in [0.717, 1.165) is 56.5 Å². The molecular weight excluding hydrogens is 831 g/mol. The second kappa shape index (κ2) is 16.6. The fourth-order valence-electron chi connectivity index (χ4n) is 6.42. The minimum atomic E-state index is -1.35. The second-order valence-corrected chi connectivity index (χ2v) is 20.5. The van der Waals surface area contributed by atoms with Gasteiger partial charge in [0.2, 0.25) is 5.71 Å². The number of nitrogens with zero attached hydrogens (tertiary/aromatic N) is 3. The Hall–Kier alpha value is -4.22. The van der Waals surface area contributed by atoms with Crippen LogP contribution in [0.4, 0.5) is 0 Å². The predicted octanol–water partition coefficient (Wildman–Crippen LogP) is 11.9. The molecule has 6 heteroatoms. The van der Waals surface area contributed by atoms with E-state index in [1.165, 1.54) is 21.9 Å². The molecule has 0 aliphatic carbocycles. The summed E-state index contributed by atoms with van der Waals surface area (Å²) in [7, 11) is -1.35. The number of furan rings is 1. The maximum atomic E-state index is 6.27. The fraction of sp³-hybridized carbons (Fsp3) is 0.283. The molecular formula is C46H49IrN3OSi-2. The van der Waals surface area contributed by atoms with Crippen molar-refractivity contribution in [3.05, 3.63) is 132 Å². The SMILES string of the molecule is CC(C)C(C)c1ccnc(-c2[c-]ccc3c2oc2nc(-c4ccccc4)ccc23)c1.Cc1c[c-]c(-c2cc(CC(C)C)c([Si](C)(C)C)cn2)cc1.[Ir]. The van der Waals surface area contributed by atoms with Crippen LogP contribution in [-0.2, 0) is 26.5 Å². The first-order valence-corrected chi connectivity index (χ1v) is 21.6. The molecule has 269 valence electrons. The van der Waals surface area contributed by atoms with E-state index in [1.54, 1.807) is 0 Å². The van der Waals surface area contributed by atoms with Gasteiger partial charge in [0.25, 0.3) is 0 Å². The quantitative estimate of drug-likeness (QED) is 0.113. The summed E-state index contributed by atoms with van der Waals surface area (Å²) >= 11 is 0. The van der Waals surface area contributed by atoms with Gasteiger partial charge < -0.3 is 14.4 Å². The Balaban J connectivity index is 0.000000210. The Kier molecular flexibility index (Phi) is 12.5. The molecule has 0 aliphatic rings. The number of hydrogen-bond acceptors (Lipinski definition) is 4. The van der Waals surface area contributed by atoms with Gasteiger partial charge in [0.1, 0.15) is 0 Å². The fourth-order valence-corrected chi connectivity index (χ4v) is 8.01. The number of rotatable bonds is 8. The molecule has 4 aromatic heterocycles. The van der Waals surface area contributed by atoms with Gasteiger partial charge in [-0.05, 0) is 58.9 Å². The zero-order valence-electron chi connectivity index (χ0n) is 31.8. The van der Waals surface area contributed by atoms with Crippen molar-refractivity contribution in [3.63, 3.8) is 0 Å². The smallest absolute Gasteiger partial charge is 0.216 e. The van der Waals surface area contributed by atoms with Crippen LogP contribution in [0.1, 0.15) is 57.2 Å². The van der Waals surface area contributed by atoms with Crippen LogP contribution in [0.15, 0.2) is 108 Å². The van der Waals surface area contributed by atoms with Crippen molar-refractivity contribution in [2.45, 2.75) is 73.5 Å². The first kappa shape index (κ1) is 39.0. The summed E-state index contributed by atoms with van der Waals surface area (Å²) < 4.78 is 6.27. The molecule has 0 saturated carbocycles. The van der Waals surface area contributed by atoms with E-state index in [-0.39, 0.29) is 20.1 Å². The van der Waals surface area contributed by atoms with Crippen molar-refractivity contribution in [2.75, 3.05) is 0 Å². The van der Waals surface area contributed by atoms with Crippen LogP contribution < -0.4 is 5.19 Å². The van der Waals surface area contributed by atoms with Gasteiger partial charge in [-0.15, -0.1) is 53.6 Å². The molecule has 52 heavy (non-hydrogen) atoms. The molecule has 7 aromatic rings. The molecule has 0 saturated heterocycles. The van der Waals surface area contributed by atoms with E-state index in [9.17, 15) is 0 Å². The predicted molar refractivity (Wildman–Crippen MR) is 217 cm³/mol. The summed E-state index contributed by atoms with van der Waals surface area (Å²) in [6.07, 6.45) is 5.12. The number of fused-ring (bicyclic) bond motifs is 3. The van der Waals surface area contributed by atoms with Crippen molar-refractivity contribution in [3.8, 4) is 33.8 Å². The standard InChI is InChI=1S/C27H23N2O.C19H26NSi.Ir/c1-17(2)18(3)20-14-15-28-25(16-20)23-11-7-10-21-22-12-13-24(19-8-5-4-6-9-19)29-27(22)30-26(21)23;1-14(2)11-17-12-18(16-9-7-15(3)8-10-16)20-13-19(17)21(4,5)6;/h4-10,12-18H,1-3H3;7-9,12-14H,11H2,1-6H3;/q2*-1;. The van der Waals surface area contributed by atoms with Gasteiger partial charge in [0.05, 0.1) is 19.4 Å². The molecule has 0 fully saturated rings. The maximum Gasteiger partial charge on any atom is 0.216 e. The Bertz CT molecular complexity index is 2250. The van der Waals surface area contributed by atoms with Gasteiger partial charge in [0, 0.05) is 43.4 Å². The van der Waals surface area contributed by atoms with Gasteiger partial charge in [-0.3, -0.25) is 0 Å². The molecule has 1 radical (unpaired) electrons. The van der Waals surface area contributed by atoms with Crippen LogP contribution in [0, 0.1) is 30.9 Å². The number of hydrogen-bond donors (Lipinski definition) is 0. The van der Waals surface area contributed by atoms with Crippen LogP contribution in [-0.4, -0.2) is 23.0 Å². The number of benzene rings is 3. The number of pyridine rings is 3.